The second-order valence-electron chi connectivity index (χ2n) is 8.83. The first kappa shape index (κ1) is 23.4. The summed E-state index contributed by atoms with van der Waals surface area (Å²) < 4.78 is 49.1. The maximum Gasteiger partial charge on any atom is 0.290 e. The first-order chi connectivity index (χ1) is 15.6. The van der Waals surface area contributed by atoms with Crippen LogP contribution < -0.4 is 15.4 Å². The quantitative estimate of drug-likeness (QED) is 0.605. The molecule has 0 saturated heterocycles. The molecule has 0 spiro atoms. The Morgan fingerprint density at radius 1 is 1.24 bits per heavy atom. The molecule has 1 atom stereocenters. The van der Waals surface area contributed by atoms with Gasteiger partial charge >= 0.3 is 0 Å². The lowest BCUT2D eigenvalue weighted by molar-refractivity contribution is -0.128. The molecule has 3 aliphatic carbocycles. The number of nitrogens with zero attached hydrogens (tertiary/aromatic N) is 1. The number of carbonyl (C=O) groups excluding carboxylic acids is 2. The van der Waals surface area contributed by atoms with E-state index in [0.29, 0.717) is 32.1 Å². The van der Waals surface area contributed by atoms with Crippen molar-refractivity contribution in [2.75, 3.05) is 6.61 Å². The second-order valence-corrected chi connectivity index (χ2v) is 9.23. The molecule has 11 heteroatoms. The van der Waals surface area contributed by atoms with Crippen molar-refractivity contribution >= 4 is 23.4 Å². The van der Waals surface area contributed by atoms with Gasteiger partial charge in [-0.1, -0.05) is 23.7 Å². The van der Waals surface area contributed by atoms with Gasteiger partial charge < -0.3 is 19.9 Å². The highest BCUT2D eigenvalue weighted by Crippen LogP contribution is 2.50. The Kier molecular flexibility index (Phi) is 6.30. The van der Waals surface area contributed by atoms with Gasteiger partial charge in [0.05, 0.1) is 5.02 Å². The molecule has 1 heterocycles. The number of carbonyl (C=O) groups is 2. The van der Waals surface area contributed by atoms with Crippen molar-refractivity contribution in [2.24, 2.45) is 5.92 Å². The topological polar surface area (TPSA) is 93.5 Å². The van der Waals surface area contributed by atoms with Gasteiger partial charge in [-0.05, 0) is 50.2 Å². The summed E-state index contributed by atoms with van der Waals surface area (Å²) in [7, 11) is 0. The first-order valence-electron chi connectivity index (χ1n) is 10.6. The number of hydrogen-bond donors (Lipinski definition) is 2. The number of amides is 2. The molecule has 2 amide bonds. The van der Waals surface area contributed by atoms with Gasteiger partial charge in [0.15, 0.2) is 12.3 Å². The number of rotatable bonds is 7. The third-order valence-corrected chi connectivity index (χ3v) is 7.05. The van der Waals surface area contributed by atoms with E-state index in [4.69, 9.17) is 20.9 Å². The van der Waals surface area contributed by atoms with Gasteiger partial charge in [0, 0.05) is 23.2 Å². The molecular weight excluding hydrogens is 463 g/mol. The van der Waals surface area contributed by atoms with E-state index in [-0.39, 0.29) is 35.0 Å². The van der Waals surface area contributed by atoms with Gasteiger partial charge in [0.1, 0.15) is 11.6 Å². The Hall–Kier alpha value is -2.75. The predicted molar refractivity (Wildman–Crippen MR) is 112 cm³/mol. The van der Waals surface area contributed by atoms with Crippen molar-refractivity contribution < 1.29 is 32.0 Å². The maximum atomic E-state index is 13.5. The lowest BCUT2D eigenvalue weighted by atomic mass is 9.56. The molecule has 5 rings (SSSR count). The zero-order valence-corrected chi connectivity index (χ0v) is 18.6. The molecule has 33 heavy (non-hydrogen) atoms. The lowest BCUT2D eigenvalue weighted by Gasteiger charge is -2.57. The van der Waals surface area contributed by atoms with E-state index in [1.807, 2.05) is 6.92 Å². The molecule has 3 aliphatic rings. The normalized spacial score (nSPS) is 26.3. The van der Waals surface area contributed by atoms with E-state index >= 15 is 0 Å². The zero-order valence-electron chi connectivity index (χ0n) is 17.8. The molecule has 2 bridgehead atoms. The minimum Gasteiger partial charge on any atom is -0.484 e. The average Bonchev–Trinajstić information content (AvgIpc) is 3.27. The molecule has 2 aromatic rings. The Balaban J connectivity index is 1.34. The fraction of sp³-hybridized carbons (Fsp3) is 0.500. The molecule has 7 nitrogen and oxygen atoms in total. The summed E-state index contributed by atoms with van der Waals surface area (Å²) in [5, 5.41) is 9.21. The summed E-state index contributed by atoms with van der Waals surface area (Å²) in [4.78, 5) is 25.1. The van der Waals surface area contributed by atoms with Gasteiger partial charge in [-0.3, -0.25) is 9.59 Å². The summed E-state index contributed by atoms with van der Waals surface area (Å²) in [5.41, 5.74) is -1.52. The molecule has 178 valence electrons. The highest BCUT2D eigenvalue weighted by atomic mass is 35.5. The van der Waals surface area contributed by atoms with Gasteiger partial charge in [0.25, 0.3) is 18.2 Å². The molecule has 0 aliphatic heterocycles. The predicted octanol–water partition coefficient (Wildman–Crippen LogP) is 4.42. The number of nitrogens with one attached hydrogen (secondary N) is 2. The van der Waals surface area contributed by atoms with Crippen molar-refractivity contribution in [3.63, 3.8) is 0 Å². The van der Waals surface area contributed by atoms with Crippen LogP contribution in [0.3, 0.4) is 0 Å². The summed E-state index contributed by atoms with van der Waals surface area (Å²) >= 11 is 5.65. The zero-order chi connectivity index (χ0) is 23.8. The van der Waals surface area contributed by atoms with Crippen molar-refractivity contribution in [3.05, 3.63) is 46.6 Å². The number of fused-ring (bicyclic) bond motifs is 3. The fourth-order valence-corrected chi connectivity index (χ4v) is 5.03. The monoisotopic (exact) mass is 485 g/mol. The third kappa shape index (κ3) is 4.80. The van der Waals surface area contributed by atoms with Crippen molar-refractivity contribution in [2.45, 2.75) is 56.5 Å². The average molecular weight is 486 g/mol. The minimum atomic E-state index is -2.82. The summed E-state index contributed by atoms with van der Waals surface area (Å²) in [6, 6.07) is 4.90. The van der Waals surface area contributed by atoms with E-state index in [1.54, 1.807) is 0 Å². The van der Waals surface area contributed by atoms with E-state index in [2.05, 4.69) is 15.8 Å². The highest BCUT2D eigenvalue weighted by Gasteiger charge is 2.54. The van der Waals surface area contributed by atoms with Crippen molar-refractivity contribution in [1.82, 2.24) is 15.8 Å². The van der Waals surface area contributed by atoms with E-state index in [1.165, 1.54) is 12.1 Å². The Labute approximate surface area is 193 Å². The summed E-state index contributed by atoms with van der Waals surface area (Å²) in [5.74, 6) is -1.53. The van der Waals surface area contributed by atoms with Crippen LogP contribution in [0.4, 0.5) is 13.2 Å². The Morgan fingerprint density at radius 2 is 1.97 bits per heavy atom. The van der Waals surface area contributed by atoms with Crippen molar-refractivity contribution in [1.29, 1.82) is 0 Å². The minimum absolute atomic E-state index is 0.0303. The van der Waals surface area contributed by atoms with Crippen LogP contribution in [0.2, 0.25) is 5.02 Å². The van der Waals surface area contributed by atoms with Crippen LogP contribution >= 0.6 is 11.6 Å². The van der Waals surface area contributed by atoms with Gasteiger partial charge in [-0.2, -0.15) is 0 Å². The molecule has 0 radical (unpaired) electrons. The standard InChI is InChI=1S/C22H23ClF3N3O4/c1-12-10-21(28-20(31)17-9-16(19(25)26)29-33-17)4-6-22(12,7-5-21)27-18(30)11-32-13-2-3-14(23)15(24)8-13/h2-3,8-9,12,19H,4-7,10-11H2,1H3,(H,27,30)(H,28,31). The maximum absolute atomic E-state index is 13.5. The van der Waals surface area contributed by atoms with Crippen LogP contribution in [0.25, 0.3) is 0 Å². The smallest absolute Gasteiger partial charge is 0.290 e. The van der Waals surface area contributed by atoms with Crippen LogP contribution in [-0.2, 0) is 4.79 Å². The number of hydrogen-bond acceptors (Lipinski definition) is 5. The lowest BCUT2D eigenvalue weighted by Crippen LogP contribution is -2.67. The SMILES string of the molecule is CC1CC2(NC(=O)c3cc(C(F)F)no3)CCC1(NC(=O)COc1ccc(Cl)c(F)c1)CC2. The molecule has 1 aromatic heterocycles. The summed E-state index contributed by atoms with van der Waals surface area (Å²) in [6.45, 7) is 1.73. The highest BCUT2D eigenvalue weighted by molar-refractivity contribution is 6.30. The molecule has 3 saturated carbocycles. The van der Waals surface area contributed by atoms with E-state index in [9.17, 15) is 22.8 Å². The Bertz CT molecular complexity index is 1050. The van der Waals surface area contributed by atoms with Crippen LogP contribution in [-0.4, -0.2) is 34.7 Å². The molecule has 3 fully saturated rings. The fourth-order valence-electron chi connectivity index (χ4n) is 4.91. The van der Waals surface area contributed by atoms with Crippen molar-refractivity contribution in [3.8, 4) is 5.75 Å². The summed E-state index contributed by atoms with van der Waals surface area (Å²) in [6.07, 6.45) is 0.288. The number of ether oxygens (including phenoxy) is 1. The van der Waals surface area contributed by atoms with Crippen LogP contribution in [0.15, 0.2) is 28.8 Å². The number of aromatic nitrogens is 1. The third-order valence-electron chi connectivity index (χ3n) is 6.74. The van der Waals surface area contributed by atoms with Gasteiger partial charge in [-0.25, -0.2) is 13.2 Å². The molecule has 2 N–H and O–H groups in total. The number of benzene rings is 1. The molecule has 1 aromatic carbocycles. The van der Waals surface area contributed by atoms with Crippen LogP contribution in [0, 0.1) is 11.7 Å². The second kappa shape index (κ2) is 8.89. The largest absolute Gasteiger partial charge is 0.484 e. The van der Waals surface area contributed by atoms with E-state index in [0.717, 1.165) is 12.1 Å². The number of halogens is 4. The first-order valence-corrected chi connectivity index (χ1v) is 11.0. The molecular formula is C22H23ClF3N3O4. The van der Waals surface area contributed by atoms with Gasteiger partial charge in [0.2, 0.25) is 5.76 Å². The van der Waals surface area contributed by atoms with Gasteiger partial charge in [-0.15, -0.1) is 0 Å². The Morgan fingerprint density at radius 3 is 2.58 bits per heavy atom. The molecule has 1 unspecified atom stereocenters. The van der Waals surface area contributed by atoms with E-state index < -0.39 is 34.9 Å². The van der Waals surface area contributed by atoms with Crippen LogP contribution in [0.1, 0.15) is 61.7 Å². The number of alkyl halides is 2. The van der Waals surface area contributed by atoms with Crippen LogP contribution in [0.5, 0.6) is 5.75 Å².